The molecule has 6 heteroatoms. The second-order valence-corrected chi connectivity index (χ2v) is 5.46. The minimum Gasteiger partial charge on any atom is -0.307 e. The Morgan fingerprint density at radius 2 is 1.79 bits per heavy atom. The molecule has 19 heavy (non-hydrogen) atoms. The quantitative estimate of drug-likeness (QED) is 0.827. The van der Waals surface area contributed by atoms with Crippen molar-refractivity contribution in [2.45, 2.75) is 4.90 Å². The summed E-state index contributed by atoms with van der Waals surface area (Å²) in [6.45, 7) is 3.66. The summed E-state index contributed by atoms with van der Waals surface area (Å²) in [5.41, 5.74) is 3.68. The summed E-state index contributed by atoms with van der Waals surface area (Å²) in [6, 6.07) is 7.64. The second-order valence-electron chi connectivity index (χ2n) is 4.58. The number of nitrogens with one attached hydrogen (secondary N) is 2. The van der Waals surface area contributed by atoms with Gasteiger partial charge in [0.25, 0.3) is 0 Å². The van der Waals surface area contributed by atoms with E-state index in [1.807, 2.05) is 35.5 Å². The van der Waals surface area contributed by atoms with E-state index in [0.29, 0.717) is 0 Å². The monoisotopic (exact) mass is 280 g/mol. The zero-order valence-electron chi connectivity index (χ0n) is 11.3. The van der Waals surface area contributed by atoms with Crippen LogP contribution >= 0.6 is 11.8 Å². The molecule has 0 unspecified atom stereocenters. The number of hydrogen-bond donors (Lipinski definition) is 2. The van der Waals surface area contributed by atoms with Crippen LogP contribution in [0, 0.1) is 0 Å². The Hall–Kier alpha value is -1.24. The van der Waals surface area contributed by atoms with Crippen LogP contribution in [0.15, 0.2) is 29.2 Å². The average molecular weight is 280 g/mol. The maximum atomic E-state index is 11.8. The van der Waals surface area contributed by atoms with Crippen molar-refractivity contribution in [2.24, 2.45) is 0 Å². The molecule has 0 aromatic heterocycles. The molecule has 5 nitrogen and oxygen atoms in total. The number of hydrazine groups is 1. The van der Waals surface area contributed by atoms with Crippen LogP contribution in [-0.2, 0) is 0 Å². The number of likely N-dealkylation sites (N-methyl/N-ethyl adjacent to an activating group) is 1. The summed E-state index contributed by atoms with van der Waals surface area (Å²) < 4.78 is 0. The minimum atomic E-state index is -0.179. The summed E-state index contributed by atoms with van der Waals surface area (Å²) in [7, 11) is 2.09. The fourth-order valence-corrected chi connectivity index (χ4v) is 2.30. The number of carbonyl (C=O) groups is 1. The summed E-state index contributed by atoms with van der Waals surface area (Å²) >= 11 is 1.68. The zero-order chi connectivity index (χ0) is 13.7. The zero-order valence-corrected chi connectivity index (χ0v) is 12.2. The molecular formula is C13H20N4OS. The molecule has 0 spiro atoms. The van der Waals surface area contributed by atoms with E-state index in [0.717, 1.165) is 31.9 Å². The molecule has 104 valence electrons. The van der Waals surface area contributed by atoms with Gasteiger partial charge in [-0.05, 0) is 37.6 Å². The number of carbonyl (C=O) groups excluding carboxylic acids is 1. The lowest BCUT2D eigenvalue weighted by atomic mass is 10.3. The van der Waals surface area contributed by atoms with E-state index in [1.54, 1.807) is 11.8 Å². The average Bonchev–Trinajstić information content (AvgIpc) is 2.42. The van der Waals surface area contributed by atoms with Crippen molar-refractivity contribution >= 4 is 23.5 Å². The molecule has 1 aliphatic heterocycles. The van der Waals surface area contributed by atoms with Gasteiger partial charge in [-0.15, -0.1) is 11.8 Å². The number of nitrogens with zero attached hydrogens (tertiary/aromatic N) is 2. The molecule has 0 radical (unpaired) electrons. The molecule has 1 saturated heterocycles. The fraction of sp³-hybridized carbons (Fsp3) is 0.462. The van der Waals surface area contributed by atoms with Gasteiger partial charge < -0.3 is 10.2 Å². The van der Waals surface area contributed by atoms with Gasteiger partial charge in [-0.25, -0.2) is 9.80 Å². The Morgan fingerprint density at radius 1 is 1.16 bits per heavy atom. The van der Waals surface area contributed by atoms with Gasteiger partial charge in [0, 0.05) is 36.8 Å². The number of hydrogen-bond acceptors (Lipinski definition) is 4. The predicted octanol–water partition coefficient (Wildman–Crippen LogP) is 1.69. The first-order chi connectivity index (χ1) is 9.17. The van der Waals surface area contributed by atoms with Crippen LogP contribution in [0.3, 0.4) is 0 Å². The molecule has 1 aromatic carbocycles. The molecule has 0 saturated carbocycles. The smallest absolute Gasteiger partial charge is 0.307 e. The first kappa shape index (κ1) is 14.2. The third-order valence-electron chi connectivity index (χ3n) is 3.11. The largest absolute Gasteiger partial charge is 0.333 e. The highest BCUT2D eigenvalue weighted by molar-refractivity contribution is 7.98. The van der Waals surface area contributed by atoms with Crippen LogP contribution in [-0.4, -0.2) is 55.4 Å². The molecule has 2 rings (SSSR count). The highest BCUT2D eigenvalue weighted by Crippen LogP contribution is 2.17. The standard InChI is InChI=1S/C13H20N4OS/c1-16-7-9-17(10-8-16)15-13(18)14-11-3-5-12(19-2)6-4-11/h3-6H,7-10H2,1-2H3,(H2,14,15,18). The number of urea groups is 1. The van der Waals surface area contributed by atoms with Crippen molar-refractivity contribution < 1.29 is 4.79 Å². The minimum absolute atomic E-state index is 0.179. The lowest BCUT2D eigenvalue weighted by molar-refractivity contribution is 0.116. The molecule has 1 heterocycles. The van der Waals surface area contributed by atoms with Crippen LogP contribution in [0.5, 0.6) is 0 Å². The van der Waals surface area contributed by atoms with Crippen molar-refractivity contribution in [3.8, 4) is 0 Å². The van der Waals surface area contributed by atoms with Crippen LogP contribution in [0.1, 0.15) is 0 Å². The third-order valence-corrected chi connectivity index (χ3v) is 3.85. The molecule has 1 aliphatic rings. The van der Waals surface area contributed by atoms with Crippen molar-refractivity contribution in [3.05, 3.63) is 24.3 Å². The molecule has 0 bridgehead atoms. The first-order valence-corrected chi connectivity index (χ1v) is 7.55. The number of benzene rings is 1. The van der Waals surface area contributed by atoms with Crippen LogP contribution in [0.4, 0.5) is 10.5 Å². The number of rotatable bonds is 3. The van der Waals surface area contributed by atoms with Gasteiger partial charge in [-0.3, -0.25) is 5.43 Å². The second kappa shape index (κ2) is 6.79. The number of thioether (sulfide) groups is 1. The SMILES string of the molecule is CSc1ccc(NC(=O)NN2CCN(C)CC2)cc1. The van der Waals surface area contributed by atoms with Crippen LogP contribution in [0.2, 0.25) is 0 Å². The lowest BCUT2D eigenvalue weighted by Crippen LogP contribution is -2.53. The van der Waals surface area contributed by atoms with Crippen molar-refractivity contribution in [1.82, 2.24) is 15.3 Å². The maximum absolute atomic E-state index is 11.8. The van der Waals surface area contributed by atoms with Crippen molar-refractivity contribution in [3.63, 3.8) is 0 Å². The van der Waals surface area contributed by atoms with Gasteiger partial charge >= 0.3 is 6.03 Å². The van der Waals surface area contributed by atoms with E-state index in [9.17, 15) is 4.79 Å². The van der Waals surface area contributed by atoms with Gasteiger partial charge in [0.1, 0.15) is 0 Å². The first-order valence-electron chi connectivity index (χ1n) is 6.32. The topological polar surface area (TPSA) is 47.6 Å². The molecule has 1 fully saturated rings. The number of piperazine rings is 1. The Kier molecular flexibility index (Phi) is 5.07. The maximum Gasteiger partial charge on any atom is 0.333 e. The van der Waals surface area contributed by atoms with Gasteiger partial charge in [-0.1, -0.05) is 0 Å². The summed E-state index contributed by atoms with van der Waals surface area (Å²) in [5.74, 6) is 0. The van der Waals surface area contributed by atoms with Crippen LogP contribution < -0.4 is 10.7 Å². The van der Waals surface area contributed by atoms with Crippen molar-refractivity contribution in [2.75, 3.05) is 44.8 Å². The van der Waals surface area contributed by atoms with E-state index in [4.69, 9.17) is 0 Å². The van der Waals surface area contributed by atoms with E-state index >= 15 is 0 Å². The summed E-state index contributed by atoms with van der Waals surface area (Å²) in [6.07, 6.45) is 2.03. The summed E-state index contributed by atoms with van der Waals surface area (Å²) in [5, 5.41) is 4.79. The molecule has 1 aromatic rings. The fourth-order valence-electron chi connectivity index (χ4n) is 1.90. The predicted molar refractivity (Wildman–Crippen MR) is 79.4 cm³/mol. The number of amides is 2. The molecule has 2 N–H and O–H groups in total. The van der Waals surface area contributed by atoms with Crippen LogP contribution in [0.25, 0.3) is 0 Å². The van der Waals surface area contributed by atoms with Crippen molar-refractivity contribution in [1.29, 1.82) is 0 Å². The highest BCUT2D eigenvalue weighted by atomic mass is 32.2. The Labute approximate surface area is 118 Å². The third kappa shape index (κ3) is 4.41. The molecule has 2 amide bonds. The van der Waals surface area contributed by atoms with Gasteiger partial charge in [-0.2, -0.15) is 0 Å². The van der Waals surface area contributed by atoms with E-state index in [1.165, 1.54) is 4.90 Å². The van der Waals surface area contributed by atoms with E-state index in [2.05, 4.69) is 22.7 Å². The van der Waals surface area contributed by atoms with E-state index in [-0.39, 0.29) is 6.03 Å². The Morgan fingerprint density at radius 3 is 2.37 bits per heavy atom. The highest BCUT2D eigenvalue weighted by Gasteiger charge is 2.15. The number of anilines is 1. The van der Waals surface area contributed by atoms with Gasteiger partial charge in [0.2, 0.25) is 0 Å². The lowest BCUT2D eigenvalue weighted by Gasteiger charge is -2.32. The van der Waals surface area contributed by atoms with Gasteiger partial charge in [0.05, 0.1) is 0 Å². The summed E-state index contributed by atoms with van der Waals surface area (Å²) in [4.78, 5) is 15.3. The Balaban J connectivity index is 1.80. The molecule has 0 aliphatic carbocycles. The molecule has 0 atom stereocenters. The van der Waals surface area contributed by atoms with Gasteiger partial charge in [0.15, 0.2) is 0 Å². The Bertz CT molecular complexity index is 415. The normalized spacial score (nSPS) is 17.2. The van der Waals surface area contributed by atoms with E-state index < -0.39 is 0 Å². The molecular weight excluding hydrogens is 260 g/mol.